The molecule has 9 heteroatoms. The number of carboxylic acids is 1. The van der Waals surface area contributed by atoms with Crippen LogP contribution >= 0.6 is 0 Å². The van der Waals surface area contributed by atoms with Gasteiger partial charge in [0.2, 0.25) is 5.78 Å². The number of allylic oxidation sites excluding steroid dienone is 1. The molecular formula is C18H11F3N2O4. The Balaban J connectivity index is 2.07. The molecule has 1 aromatic heterocycles. The van der Waals surface area contributed by atoms with Crippen LogP contribution in [0.4, 0.5) is 13.2 Å². The van der Waals surface area contributed by atoms with Gasteiger partial charge in [-0.2, -0.15) is 0 Å². The molecule has 1 aliphatic heterocycles. The summed E-state index contributed by atoms with van der Waals surface area (Å²) in [6.45, 7) is 0. The molecule has 0 fully saturated rings. The highest BCUT2D eigenvalue weighted by Gasteiger charge is 2.43. The number of carboxylic acid groups (broad SMARTS) is 1. The van der Waals surface area contributed by atoms with Gasteiger partial charge in [-0.15, -0.1) is 13.2 Å². The van der Waals surface area contributed by atoms with Crippen LogP contribution in [0.15, 0.2) is 59.7 Å². The van der Waals surface area contributed by atoms with Crippen molar-refractivity contribution in [3.8, 4) is 5.75 Å². The zero-order chi connectivity index (χ0) is 19.7. The Bertz CT molecular complexity index is 938. The van der Waals surface area contributed by atoms with Crippen LogP contribution in [0.5, 0.6) is 5.75 Å². The number of hydrogen-bond donors (Lipinski definition) is 1. The van der Waals surface area contributed by atoms with Crippen molar-refractivity contribution in [3.05, 3.63) is 71.6 Å². The highest BCUT2D eigenvalue weighted by atomic mass is 19.4. The van der Waals surface area contributed by atoms with E-state index in [0.29, 0.717) is 0 Å². The SMILES string of the molecule is O=C(O)c1ccc(C2(C(=O)c3ccccc3OC(F)(F)F)C=CC=N2)nc1. The highest BCUT2D eigenvalue weighted by Crippen LogP contribution is 2.36. The van der Waals surface area contributed by atoms with Gasteiger partial charge in [-0.25, -0.2) is 4.79 Å². The summed E-state index contributed by atoms with van der Waals surface area (Å²) >= 11 is 0. The lowest BCUT2D eigenvalue weighted by Crippen LogP contribution is -2.33. The van der Waals surface area contributed by atoms with E-state index in [1.54, 1.807) is 0 Å². The summed E-state index contributed by atoms with van der Waals surface area (Å²) in [6, 6.07) is 7.45. The van der Waals surface area contributed by atoms with Crippen LogP contribution in [0, 0.1) is 0 Å². The minimum atomic E-state index is -4.97. The summed E-state index contributed by atoms with van der Waals surface area (Å²) in [5, 5.41) is 8.96. The summed E-state index contributed by atoms with van der Waals surface area (Å²) in [7, 11) is 0. The first-order valence-electron chi connectivity index (χ1n) is 7.55. The summed E-state index contributed by atoms with van der Waals surface area (Å²) in [5.74, 6) is -2.65. The molecular weight excluding hydrogens is 365 g/mol. The molecule has 1 atom stereocenters. The van der Waals surface area contributed by atoms with Gasteiger partial charge in [-0.3, -0.25) is 14.8 Å². The molecule has 1 unspecified atom stereocenters. The predicted octanol–water partition coefficient (Wildman–Crippen LogP) is 3.40. The number of pyridine rings is 1. The zero-order valence-corrected chi connectivity index (χ0v) is 13.5. The molecule has 0 spiro atoms. The van der Waals surface area contributed by atoms with Gasteiger partial charge in [0.25, 0.3) is 0 Å². The number of carbonyl (C=O) groups is 2. The summed E-state index contributed by atoms with van der Waals surface area (Å²) < 4.78 is 41.9. The second-order valence-corrected chi connectivity index (χ2v) is 5.51. The Morgan fingerprint density at radius 1 is 1.11 bits per heavy atom. The molecule has 0 saturated heterocycles. The van der Waals surface area contributed by atoms with Crippen molar-refractivity contribution >= 4 is 18.0 Å². The number of nitrogens with zero attached hydrogens (tertiary/aromatic N) is 2. The van der Waals surface area contributed by atoms with Crippen LogP contribution in [0.1, 0.15) is 26.4 Å². The third-order valence-corrected chi connectivity index (χ3v) is 3.81. The number of ketones is 1. The molecule has 2 heterocycles. The van der Waals surface area contributed by atoms with Crippen LogP contribution in [-0.4, -0.2) is 34.4 Å². The van der Waals surface area contributed by atoms with Gasteiger partial charge in [0.15, 0.2) is 5.54 Å². The molecule has 1 aromatic carbocycles. The molecule has 0 amide bonds. The topological polar surface area (TPSA) is 88.8 Å². The van der Waals surface area contributed by atoms with Crippen molar-refractivity contribution in [1.82, 2.24) is 4.98 Å². The van der Waals surface area contributed by atoms with Gasteiger partial charge in [-0.1, -0.05) is 12.1 Å². The van der Waals surface area contributed by atoms with Crippen molar-refractivity contribution in [2.45, 2.75) is 11.9 Å². The molecule has 3 rings (SSSR count). The highest BCUT2D eigenvalue weighted by molar-refractivity contribution is 6.09. The Morgan fingerprint density at radius 2 is 1.85 bits per heavy atom. The Morgan fingerprint density at radius 3 is 2.41 bits per heavy atom. The standard InChI is InChI=1S/C18H11F3N2O4/c19-18(20,21)27-13-5-2-1-4-12(13)15(24)17(8-3-9-23-17)14-7-6-11(10-22-14)16(25)26/h1-10H,(H,25,26). The van der Waals surface area contributed by atoms with E-state index < -0.39 is 29.4 Å². The van der Waals surface area contributed by atoms with E-state index >= 15 is 0 Å². The molecule has 27 heavy (non-hydrogen) atoms. The van der Waals surface area contributed by atoms with E-state index in [1.165, 1.54) is 48.7 Å². The molecule has 138 valence electrons. The molecule has 1 N–H and O–H groups in total. The maximum atomic E-state index is 13.1. The third kappa shape index (κ3) is 3.57. The van der Waals surface area contributed by atoms with Gasteiger partial charge >= 0.3 is 12.3 Å². The van der Waals surface area contributed by atoms with Gasteiger partial charge in [-0.05, 0) is 36.4 Å². The third-order valence-electron chi connectivity index (χ3n) is 3.81. The lowest BCUT2D eigenvalue weighted by atomic mass is 9.86. The predicted molar refractivity (Wildman–Crippen MR) is 88.0 cm³/mol. The van der Waals surface area contributed by atoms with E-state index in [-0.39, 0.29) is 16.8 Å². The first kappa shape index (κ1) is 18.3. The maximum Gasteiger partial charge on any atom is 0.573 e. The fourth-order valence-electron chi connectivity index (χ4n) is 2.61. The van der Waals surface area contributed by atoms with Gasteiger partial charge in [0, 0.05) is 12.4 Å². The lowest BCUT2D eigenvalue weighted by molar-refractivity contribution is -0.274. The first-order valence-corrected chi connectivity index (χ1v) is 7.55. The van der Waals surface area contributed by atoms with E-state index in [1.807, 2.05) is 0 Å². The smallest absolute Gasteiger partial charge is 0.478 e. The number of aromatic carboxylic acids is 1. The fraction of sp³-hybridized carbons (Fsp3) is 0.111. The number of benzene rings is 1. The van der Waals surface area contributed by atoms with Gasteiger partial charge in [0.05, 0.1) is 16.8 Å². The van der Waals surface area contributed by atoms with E-state index in [2.05, 4.69) is 14.7 Å². The number of rotatable bonds is 5. The average Bonchev–Trinajstić information content (AvgIpc) is 3.11. The molecule has 6 nitrogen and oxygen atoms in total. The molecule has 2 aromatic rings. The van der Waals surface area contributed by atoms with Crippen molar-refractivity contribution in [1.29, 1.82) is 0 Å². The van der Waals surface area contributed by atoms with Crippen LogP contribution in [0.25, 0.3) is 0 Å². The van der Waals surface area contributed by atoms with E-state index in [0.717, 1.165) is 12.3 Å². The number of halogens is 3. The number of aromatic nitrogens is 1. The normalized spacial score (nSPS) is 18.5. The quantitative estimate of drug-likeness (QED) is 0.808. The van der Waals surface area contributed by atoms with E-state index in [4.69, 9.17) is 5.11 Å². The number of Topliss-reactive ketones (excluding diaryl/α,β-unsaturated/α-hetero) is 1. The van der Waals surface area contributed by atoms with Crippen molar-refractivity contribution in [3.63, 3.8) is 0 Å². The Kier molecular flexibility index (Phi) is 4.52. The second kappa shape index (κ2) is 6.67. The Hall–Kier alpha value is -3.49. The van der Waals surface area contributed by atoms with Crippen LogP contribution in [0.2, 0.25) is 0 Å². The number of carbonyl (C=O) groups excluding carboxylic acids is 1. The Labute approximate surface area is 150 Å². The lowest BCUT2D eigenvalue weighted by Gasteiger charge is -2.23. The average molecular weight is 376 g/mol. The van der Waals surface area contributed by atoms with Crippen molar-refractivity contribution in [2.24, 2.45) is 4.99 Å². The minimum absolute atomic E-state index is 0.0734. The monoisotopic (exact) mass is 376 g/mol. The van der Waals surface area contributed by atoms with Gasteiger partial charge in [0.1, 0.15) is 5.75 Å². The maximum absolute atomic E-state index is 13.1. The summed E-state index contributed by atoms with van der Waals surface area (Å²) in [4.78, 5) is 32.2. The zero-order valence-electron chi connectivity index (χ0n) is 13.5. The minimum Gasteiger partial charge on any atom is -0.478 e. The number of ether oxygens (including phenoxy) is 1. The molecule has 0 bridgehead atoms. The molecule has 0 radical (unpaired) electrons. The van der Waals surface area contributed by atoms with Crippen LogP contribution < -0.4 is 4.74 Å². The number of hydrogen-bond acceptors (Lipinski definition) is 5. The first-order chi connectivity index (χ1) is 12.7. The second-order valence-electron chi connectivity index (χ2n) is 5.51. The number of aliphatic imine (C=N–C) groups is 1. The van der Waals surface area contributed by atoms with E-state index in [9.17, 15) is 22.8 Å². The van der Waals surface area contributed by atoms with Crippen molar-refractivity contribution in [2.75, 3.05) is 0 Å². The molecule has 0 saturated carbocycles. The molecule has 1 aliphatic rings. The van der Waals surface area contributed by atoms with Crippen molar-refractivity contribution < 1.29 is 32.6 Å². The number of alkyl halides is 3. The van der Waals surface area contributed by atoms with Crippen LogP contribution in [-0.2, 0) is 5.54 Å². The number of para-hydroxylation sites is 1. The summed E-state index contributed by atoms with van der Waals surface area (Å²) in [6.07, 6.45) is 0.227. The fourth-order valence-corrected chi connectivity index (χ4v) is 2.61. The van der Waals surface area contributed by atoms with Gasteiger partial charge < -0.3 is 9.84 Å². The largest absolute Gasteiger partial charge is 0.573 e. The summed E-state index contributed by atoms with van der Waals surface area (Å²) in [5.41, 5.74) is -2.07. The molecule has 0 aliphatic carbocycles. The van der Waals surface area contributed by atoms with Crippen LogP contribution in [0.3, 0.4) is 0 Å².